The van der Waals surface area contributed by atoms with Crippen LogP contribution in [0.1, 0.15) is 16.8 Å². The van der Waals surface area contributed by atoms with E-state index in [0.717, 1.165) is 38.1 Å². The molecule has 0 atom stereocenters. The van der Waals surface area contributed by atoms with Gasteiger partial charge in [-0.05, 0) is 45.1 Å². The van der Waals surface area contributed by atoms with E-state index in [1.54, 1.807) is 0 Å². The van der Waals surface area contributed by atoms with Gasteiger partial charge in [-0.3, -0.25) is 0 Å². The summed E-state index contributed by atoms with van der Waals surface area (Å²) in [6.45, 7) is 4.43. The molecule has 40 heavy (non-hydrogen) atoms. The second-order valence-corrected chi connectivity index (χ2v) is 10.5. The Labute approximate surface area is 245 Å². The van der Waals surface area contributed by atoms with Crippen molar-refractivity contribution in [2.45, 2.75) is 33.0 Å². The average Bonchev–Trinajstić information content (AvgIpc) is 3.26. The van der Waals surface area contributed by atoms with Crippen LogP contribution in [-0.4, -0.2) is 23.9 Å². The first-order valence-electron chi connectivity index (χ1n) is 13.5. The molecule has 0 bridgehead atoms. The van der Waals surface area contributed by atoms with Gasteiger partial charge in [0.1, 0.15) is 12.8 Å². The molecule has 1 heterocycles. The molecule has 5 rings (SSSR count). The summed E-state index contributed by atoms with van der Waals surface area (Å²) in [5.41, 5.74) is 7.95. The highest BCUT2D eigenvalue weighted by Gasteiger charge is 2.22. The van der Waals surface area contributed by atoms with Gasteiger partial charge in [0, 0.05) is 11.3 Å². The third kappa shape index (κ3) is 7.18. The topological polar surface area (TPSA) is 32.6 Å². The van der Waals surface area contributed by atoms with E-state index in [9.17, 15) is 0 Å². The van der Waals surface area contributed by atoms with Gasteiger partial charge in [-0.2, -0.15) is 0 Å². The van der Waals surface area contributed by atoms with Crippen LogP contribution in [-0.2, 0) is 34.2 Å². The molecule has 0 N–H and O–H groups in total. The van der Waals surface area contributed by atoms with Gasteiger partial charge >= 0.3 is 0 Å². The molecule has 0 aliphatic carbocycles. The maximum absolute atomic E-state index is 6.54. The molecule has 204 valence electrons. The van der Waals surface area contributed by atoms with Gasteiger partial charge in [0.05, 0.1) is 36.6 Å². The van der Waals surface area contributed by atoms with E-state index in [1.807, 2.05) is 48.5 Å². The van der Waals surface area contributed by atoms with E-state index in [1.165, 1.54) is 5.56 Å². The highest BCUT2D eigenvalue weighted by atomic mass is 79.9. The minimum atomic E-state index is -0.239. The summed E-state index contributed by atoms with van der Waals surface area (Å²) in [7, 11) is 0. The van der Waals surface area contributed by atoms with Crippen molar-refractivity contribution in [1.29, 1.82) is 0 Å². The van der Waals surface area contributed by atoms with E-state index < -0.39 is 0 Å². The number of halogens is 1. The fraction of sp³-hybridized carbons (Fsp3) is 0.200. The lowest BCUT2D eigenvalue weighted by atomic mass is 10.1. The van der Waals surface area contributed by atoms with Crippen molar-refractivity contribution in [2.75, 3.05) is 13.2 Å². The van der Waals surface area contributed by atoms with Crippen LogP contribution >= 0.6 is 15.9 Å². The number of aromatic nitrogens is 1. The van der Waals surface area contributed by atoms with Crippen molar-refractivity contribution in [3.63, 3.8) is 0 Å². The zero-order valence-corrected chi connectivity index (χ0v) is 24.3. The zero-order valence-electron chi connectivity index (χ0n) is 22.7. The highest BCUT2D eigenvalue weighted by molar-refractivity contribution is 9.10. The molecule has 0 spiro atoms. The van der Waals surface area contributed by atoms with Crippen LogP contribution in [0.4, 0.5) is 0 Å². The molecule has 0 fully saturated rings. The normalized spacial score (nSPS) is 11.3. The first kappa shape index (κ1) is 28.1. The number of nitrogens with zero attached hydrogens (tertiary/aromatic N) is 1. The monoisotopic (exact) mass is 595 g/mol. The van der Waals surface area contributed by atoms with E-state index in [2.05, 4.69) is 100 Å². The van der Waals surface area contributed by atoms with Gasteiger partial charge in [0.15, 0.2) is 0 Å². The standard InChI is InChI=1S/C35H34BrNO3/c1-27-33(30-18-10-4-11-19-30)34(36)35(31-20-12-5-13-21-31)37(27)26-40-32(24-38-22-28-14-6-2-7-15-28)25-39-23-29-16-8-3-9-17-29/h2-21,32H,22-26H2,1H3. The van der Waals surface area contributed by atoms with Crippen molar-refractivity contribution >= 4 is 15.9 Å². The number of ether oxygens (including phenoxy) is 3. The van der Waals surface area contributed by atoms with Crippen LogP contribution in [0.5, 0.6) is 0 Å². The summed E-state index contributed by atoms with van der Waals surface area (Å²) >= 11 is 3.94. The van der Waals surface area contributed by atoms with E-state index in [4.69, 9.17) is 14.2 Å². The van der Waals surface area contributed by atoms with Gasteiger partial charge in [-0.25, -0.2) is 0 Å². The Bertz CT molecular complexity index is 1410. The predicted octanol–water partition coefficient (Wildman–Crippen LogP) is 8.67. The lowest BCUT2D eigenvalue weighted by molar-refractivity contribution is -0.0873. The van der Waals surface area contributed by atoms with Crippen LogP contribution in [0, 0.1) is 6.92 Å². The van der Waals surface area contributed by atoms with Crippen LogP contribution in [0.25, 0.3) is 22.4 Å². The largest absolute Gasteiger partial charge is 0.374 e. The number of hydrogen-bond acceptors (Lipinski definition) is 3. The van der Waals surface area contributed by atoms with Crippen molar-refractivity contribution in [3.05, 3.63) is 143 Å². The second-order valence-electron chi connectivity index (χ2n) is 9.70. The maximum Gasteiger partial charge on any atom is 0.123 e. The molecule has 0 saturated heterocycles. The van der Waals surface area contributed by atoms with E-state index in [-0.39, 0.29) is 6.10 Å². The molecule has 4 nitrogen and oxygen atoms in total. The molecular weight excluding hydrogens is 562 g/mol. The summed E-state index contributed by atoms with van der Waals surface area (Å²) in [6.07, 6.45) is -0.239. The summed E-state index contributed by atoms with van der Waals surface area (Å²) in [5, 5.41) is 0. The number of hydrogen-bond donors (Lipinski definition) is 0. The molecule has 0 aliphatic rings. The third-order valence-corrected chi connectivity index (χ3v) is 7.62. The van der Waals surface area contributed by atoms with Crippen molar-refractivity contribution < 1.29 is 14.2 Å². The molecule has 0 saturated carbocycles. The first-order valence-corrected chi connectivity index (χ1v) is 14.3. The van der Waals surface area contributed by atoms with Gasteiger partial charge in [-0.15, -0.1) is 0 Å². The van der Waals surface area contributed by atoms with E-state index >= 15 is 0 Å². The fourth-order valence-electron chi connectivity index (χ4n) is 4.77. The van der Waals surface area contributed by atoms with Crippen molar-refractivity contribution in [1.82, 2.24) is 4.57 Å². The minimum Gasteiger partial charge on any atom is -0.374 e. The molecule has 0 aliphatic heterocycles. The Kier molecular flexibility index (Phi) is 9.99. The Hall–Kier alpha value is -3.48. The summed E-state index contributed by atoms with van der Waals surface area (Å²) in [6, 6.07) is 41.3. The molecule has 1 aromatic heterocycles. The predicted molar refractivity (Wildman–Crippen MR) is 165 cm³/mol. The zero-order chi connectivity index (χ0) is 27.6. The Morgan fingerprint density at radius 1 is 0.625 bits per heavy atom. The van der Waals surface area contributed by atoms with Crippen LogP contribution in [0.2, 0.25) is 0 Å². The van der Waals surface area contributed by atoms with Crippen molar-refractivity contribution in [3.8, 4) is 22.4 Å². The molecule has 0 amide bonds. The minimum absolute atomic E-state index is 0.239. The number of rotatable bonds is 13. The molecular formula is C35H34BrNO3. The fourth-order valence-corrected chi connectivity index (χ4v) is 5.73. The third-order valence-electron chi connectivity index (χ3n) is 6.84. The maximum atomic E-state index is 6.54. The lowest BCUT2D eigenvalue weighted by Gasteiger charge is -2.21. The summed E-state index contributed by atoms with van der Waals surface area (Å²) in [5.74, 6) is 0. The molecule has 5 aromatic rings. The Morgan fingerprint density at radius 2 is 1.07 bits per heavy atom. The van der Waals surface area contributed by atoms with Crippen LogP contribution < -0.4 is 0 Å². The Morgan fingerprint density at radius 3 is 1.57 bits per heavy atom. The van der Waals surface area contributed by atoms with Gasteiger partial charge < -0.3 is 18.8 Å². The average molecular weight is 597 g/mol. The van der Waals surface area contributed by atoms with Crippen LogP contribution in [0.3, 0.4) is 0 Å². The van der Waals surface area contributed by atoms with Gasteiger partial charge in [-0.1, -0.05) is 121 Å². The molecule has 0 radical (unpaired) electrons. The first-order chi connectivity index (χ1) is 19.7. The number of benzene rings is 4. The molecule has 4 aromatic carbocycles. The van der Waals surface area contributed by atoms with Crippen molar-refractivity contribution in [2.24, 2.45) is 0 Å². The smallest absolute Gasteiger partial charge is 0.123 e. The Balaban J connectivity index is 1.36. The SMILES string of the molecule is Cc1c(-c2ccccc2)c(Br)c(-c2ccccc2)n1COC(COCc1ccccc1)COCc1ccccc1. The molecule has 0 unspecified atom stereocenters. The summed E-state index contributed by atoms with van der Waals surface area (Å²) < 4.78 is 22.0. The lowest BCUT2D eigenvalue weighted by Crippen LogP contribution is -2.27. The second kappa shape index (κ2) is 14.2. The van der Waals surface area contributed by atoms with E-state index in [0.29, 0.717) is 33.2 Å². The van der Waals surface area contributed by atoms with Gasteiger partial charge in [0.2, 0.25) is 0 Å². The highest BCUT2D eigenvalue weighted by Crippen LogP contribution is 2.41. The molecule has 5 heteroatoms. The van der Waals surface area contributed by atoms with Crippen LogP contribution in [0.15, 0.2) is 126 Å². The quantitative estimate of drug-likeness (QED) is 0.136. The summed E-state index contributed by atoms with van der Waals surface area (Å²) in [4.78, 5) is 0. The van der Waals surface area contributed by atoms with Gasteiger partial charge in [0.25, 0.3) is 0 Å².